The molecule has 0 bridgehead atoms. The van der Waals surface area contributed by atoms with Gasteiger partial charge in [-0.3, -0.25) is 9.55 Å². The second-order valence-corrected chi connectivity index (χ2v) is 5.79. The van der Waals surface area contributed by atoms with Crippen LogP contribution >= 0.6 is 11.8 Å². The second-order valence-electron chi connectivity index (χ2n) is 4.75. The second kappa shape index (κ2) is 7.42. The fourth-order valence-electron chi connectivity index (χ4n) is 1.94. The van der Waals surface area contributed by atoms with E-state index in [1.807, 2.05) is 25.3 Å². The molecular weight excluding hydrogens is 286 g/mol. The number of hydrogen-bond donors (Lipinski definition) is 2. The highest BCUT2D eigenvalue weighted by atomic mass is 32.2. The van der Waals surface area contributed by atoms with Crippen molar-refractivity contribution in [2.45, 2.75) is 49.8 Å². The fraction of sp³-hybridized carbons (Fsp3) is 0.500. The third-order valence-electron chi connectivity index (χ3n) is 3.15. The first-order chi connectivity index (χ1) is 10.2. The van der Waals surface area contributed by atoms with Crippen molar-refractivity contribution >= 4 is 11.8 Å². The summed E-state index contributed by atoms with van der Waals surface area (Å²) >= 11 is 1.44. The number of aromatic amines is 1. The first kappa shape index (κ1) is 15.8. The lowest BCUT2D eigenvalue weighted by molar-refractivity contribution is 0.558. The monoisotopic (exact) mass is 307 g/mol. The van der Waals surface area contributed by atoms with Crippen molar-refractivity contribution in [1.82, 2.24) is 25.1 Å². The minimum Gasteiger partial charge on any atom is -0.309 e. The molecule has 0 fully saturated rings. The van der Waals surface area contributed by atoms with Crippen molar-refractivity contribution < 1.29 is 0 Å². The van der Waals surface area contributed by atoms with E-state index in [0.29, 0.717) is 11.7 Å². The maximum atomic E-state index is 11.5. The van der Waals surface area contributed by atoms with E-state index < -0.39 is 0 Å². The van der Waals surface area contributed by atoms with E-state index in [4.69, 9.17) is 0 Å². The smallest absolute Gasteiger partial charge is 0.309 e. The first-order valence-electron chi connectivity index (χ1n) is 7.18. The Morgan fingerprint density at radius 3 is 2.86 bits per heavy atom. The van der Waals surface area contributed by atoms with Crippen LogP contribution in [-0.4, -0.2) is 26.3 Å². The topological polar surface area (TPSA) is 75.6 Å². The van der Waals surface area contributed by atoms with Gasteiger partial charge in [0.2, 0.25) is 0 Å². The van der Waals surface area contributed by atoms with Gasteiger partial charge in [-0.1, -0.05) is 6.92 Å². The van der Waals surface area contributed by atoms with E-state index in [-0.39, 0.29) is 11.7 Å². The molecule has 1 unspecified atom stereocenters. The lowest BCUT2D eigenvalue weighted by atomic mass is 10.2. The first-order valence-corrected chi connectivity index (χ1v) is 7.99. The molecule has 0 amide bonds. The van der Waals surface area contributed by atoms with E-state index in [2.05, 4.69) is 34.3 Å². The third-order valence-corrected chi connectivity index (χ3v) is 4.12. The third kappa shape index (κ3) is 3.95. The van der Waals surface area contributed by atoms with Gasteiger partial charge in [0.05, 0.1) is 5.69 Å². The highest BCUT2D eigenvalue weighted by Crippen LogP contribution is 2.25. The number of pyridine rings is 1. The summed E-state index contributed by atoms with van der Waals surface area (Å²) in [5.41, 5.74) is 0.838. The van der Waals surface area contributed by atoms with Crippen LogP contribution in [0.25, 0.3) is 0 Å². The molecule has 21 heavy (non-hydrogen) atoms. The minimum atomic E-state index is -0.179. The molecule has 0 saturated carbocycles. The van der Waals surface area contributed by atoms with Crippen LogP contribution < -0.4 is 11.0 Å². The Morgan fingerprint density at radius 2 is 2.24 bits per heavy atom. The molecule has 0 spiro atoms. The van der Waals surface area contributed by atoms with Gasteiger partial charge in [-0.15, -0.1) is 5.10 Å². The summed E-state index contributed by atoms with van der Waals surface area (Å²) in [5, 5.41) is 10.6. The summed E-state index contributed by atoms with van der Waals surface area (Å²) in [5.74, 6) is 0. The largest absolute Gasteiger partial charge is 0.343 e. The normalized spacial score (nSPS) is 12.5. The number of nitrogens with zero attached hydrogens (tertiary/aromatic N) is 3. The van der Waals surface area contributed by atoms with E-state index in [9.17, 15) is 4.79 Å². The molecule has 1 atom stereocenters. The average molecular weight is 307 g/mol. The Kier molecular flexibility index (Phi) is 5.58. The van der Waals surface area contributed by atoms with Crippen molar-refractivity contribution in [3.63, 3.8) is 0 Å². The van der Waals surface area contributed by atoms with Gasteiger partial charge in [0.25, 0.3) is 0 Å². The van der Waals surface area contributed by atoms with Gasteiger partial charge in [-0.2, -0.15) is 0 Å². The lowest BCUT2D eigenvalue weighted by Gasteiger charge is -2.12. The molecule has 2 N–H and O–H groups in total. The molecule has 0 aliphatic rings. The number of hydrogen-bond acceptors (Lipinski definition) is 5. The summed E-state index contributed by atoms with van der Waals surface area (Å²) in [6.45, 7) is 7.75. The number of aromatic nitrogens is 4. The average Bonchev–Trinajstić information content (AvgIpc) is 2.85. The van der Waals surface area contributed by atoms with Crippen LogP contribution in [0.5, 0.6) is 0 Å². The minimum absolute atomic E-state index is 0.179. The van der Waals surface area contributed by atoms with Gasteiger partial charge in [0.1, 0.15) is 0 Å². The number of nitrogens with one attached hydrogen (secondary N) is 2. The molecule has 0 aromatic carbocycles. The quantitative estimate of drug-likeness (QED) is 0.820. The predicted octanol–water partition coefficient (Wildman–Crippen LogP) is 2.20. The van der Waals surface area contributed by atoms with Gasteiger partial charge in [-0.25, -0.2) is 9.89 Å². The molecule has 7 heteroatoms. The van der Waals surface area contributed by atoms with E-state index >= 15 is 0 Å². The van der Waals surface area contributed by atoms with Crippen LogP contribution in [0.1, 0.15) is 38.9 Å². The van der Waals surface area contributed by atoms with Crippen molar-refractivity contribution in [2.75, 3.05) is 6.54 Å². The summed E-state index contributed by atoms with van der Waals surface area (Å²) in [4.78, 5) is 17.0. The lowest BCUT2D eigenvalue weighted by Crippen LogP contribution is -2.20. The van der Waals surface area contributed by atoms with E-state index in [1.54, 1.807) is 4.57 Å². The summed E-state index contributed by atoms with van der Waals surface area (Å²) < 4.78 is 1.60. The van der Waals surface area contributed by atoms with Crippen LogP contribution in [0.15, 0.2) is 33.2 Å². The molecule has 6 nitrogen and oxygen atoms in total. The number of H-pyrrole nitrogens is 1. The number of rotatable bonds is 7. The molecule has 2 heterocycles. The summed E-state index contributed by atoms with van der Waals surface area (Å²) in [6.07, 6.45) is 2.93. The Bertz CT molecular complexity index is 619. The molecule has 2 rings (SSSR count). The Hall–Kier alpha value is -1.60. The molecular formula is C14H21N5OS. The Labute approximate surface area is 128 Å². The van der Waals surface area contributed by atoms with Crippen molar-refractivity contribution in [2.24, 2.45) is 0 Å². The van der Waals surface area contributed by atoms with Gasteiger partial charge < -0.3 is 5.32 Å². The van der Waals surface area contributed by atoms with Crippen LogP contribution in [-0.2, 0) is 6.54 Å². The molecule has 2 aromatic heterocycles. The fourth-order valence-corrected chi connectivity index (χ4v) is 2.80. The van der Waals surface area contributed by atoms with Gasteiger partial charge >= 0.3 is 5.69 Å². The maximum absolute atomic E-state index is 11.5. The predicted molar refractivity (Wildman–Crippen MR) is 83.6 cm³/mol. The molecule has 0 aliphatic heterocycles. The van der Waals surface area contributed by atoms with Crippen LogP contribution in [0.4, 0.5) is 0 Å². The molecule has 114 valence electrons. The van der Waals surface area contributed by atoms with Crippen molar-refractivity contribution in [3.05, 3.63) is 34.5 Å². The molecule has 0 saturated heterocycles. The van der Waals surface area contributed by atoms with Crippen molar-refractivity contribution in [1.29, 1.82) is 0 Å². The maximum Gasteiger partial charge on any atom is 0.343 e. The zero-order valence-corrected chi connectivity index (χ0v) is 13.4. The highest BCUT2D eigenvalue weighted by Gasteiger charge is 2.10. The molecule has 2 aromatic rings. The van der Waals surface area contributed by atoms with E-state index in [1.165, 1.54) is 11.8 Å². The summed E-state index contributed by atoms with van der Waals surface area (Å²) in [7, 11) is 0. The van der Waals surface area contributed by atoms with Gasteiger partial charge in [0, 0.05) is 23.7 Å². The van der Waals surface area contributed by atoms with Crippen LogP contribution in [0, 0.1) is 0 Å². The Balaban J connectivity index is 2.07. The zero-order chi connectivity index (χ0) is 15.2. The van der Waals surface area contributed by atoms with Crippen molar-refractivity contribution in [3.8, 4) is 0 Å². The van der Waals surface area contributed by atoms with Crippen LogP contribution in [0.2, 0.25) is 0 Å². The van der Waals surface area contributed by atoms with Gasteiger partial charge in [-0.05, 0) is 50.7 Å². The summed E-state index contributed by atoms with van der Waals surface area (Å²) in [6, 6.07) is 4.26. The Morgan fingerprint density at radius 1 is 1.43 bits per heavy atom. The standard InChI is InChI=1S/C14H21N5OS/c1-4-8-15-10(3)12-7-6-11(9-16-12)21-14-18-17-13(20)19(14)5-2/h6-7,9-10,15H,4-5,8H2,1-3H3,(H,17,20). The zero-order valence-electron chi connectivity index (χ0n) is 12.6. The molecule has 0 radical (unpaired) electrons. The highest BCUT2D eigenvalue weighted by molar-refractivity contribution is 7.99. The van der Waals surface area contributed by atoms with Gasteiger partial charge in [0.15, 0.2) is 5.16 Å². The molecule has 0 aliphatic carbocycles. The SMILES string of the molecule is CCCNC(C)c1ccc(Sc2n[nH]c(=O)n2CC)cn1. The van der Waals surface area contributed by atoms with E-state index in [0.717, 1.165) is 23.6 Å². The van der Waals surface area contributed by atoms with Crippen LogP contribution in [0.3, 0.4) is 0 Å².